The Morgan fingerprint density at radius 1 is 1.06 bits per heavy atom. The van der Waals surface area contributed by atoms with E-state index in [2.05, 4.69) is 0 Å². The highest BCUT2D eigenvalue weighted by atomic mass is 16.7. The van der Waals surface area contributed by atoms with Crippen molar-refractivity contribution in [3.05, 3.63) is 0 Å². The van der Waals surface area contributed by atoms with Gasteiger partial charge in [0.1, 0.15) is 0 Å². The zero-order valence-corrected chi connectivity index (χ0v) is 11.9. The molecule has 1 amide bonds. The van der Waals surface area contributed by atoms with Crippen LogP contribution in [0.2, 0.25) is 0 Å². The predicted molar refractivity (Wildman–Crippen MR) is 69.9 cm³/mol. The minimum Gasteiger partial charge on any atom is -0.343 e. The molecule has 0 saturated carbocycles. The highest BCUT2D eigenvalue weighted by molar-refractivity contribution is 5.74. The second kappa shape index (κ2) is 9.27. The Kier molecular flexibility index (Phi) is 10.1. The molecule has 6 heteroatoms. The number of carbonyl (C=O) groups is 1. The molecule has 0 aliphatic carbocycles. The summed E-state index contributed by atoms with van der Waals surface area (Å²) < 4.78 is 0. The lowest BCUT2D eigenvalue weighted by Crippen LogP contribution is -2.47. The minimum absolute atomic E-state index is 0.0949. The van der Waals surface area contributed by atoms with E-state index in [1.807, 2.05) is 33.1 Å². The first kappa shape index (κ1) is 19.6. The summed E-state index contributed by atoms with van der Waals surface area (Å²) >= 11 is 0. The molecule has 0 aromatic heterocycles. The summed E-state index contributed by atoms with van der Waals surface area (Å²) in [4.78, 5) is 10.2. The summed E-state index contributed by atoms with van der Waals surface area (Å²) in [5.74, 6) is 2.13. The summed E-state index contributed by atoms with van der Waals surface area (Å²) in [6, 6.07) is 0. The maximum Gasteiger partial charge on any atom is 0.281 e. The molecule has 0 saturated heterocycles. The quantitative estimate of drug-likeness (QED) is 0.209. The van der Waals surface area contributed by atoms with E-state index in [0.717, 1.165) is 6.42 Å². The lowest BCUT2D eigenvalue weighted by molar-refractivity contribution is -0.377. The van der Waals surface area contributed by atoms with E-state index >= 15 is 0 Å². The van der Waals surface area contributed by atoms with Crippen LogP contribution in [0.4, 0.5) is 0 Å². The molecular formula is C12H28N2O4. The van der Waals surface area contributed by atoms with E-state index in [4.69, 9.17) is 21.2 Å². The fraction of sp³-hybridized carbons (Fsp3) is 0.917. The monoisotopic (exact) mass is 264 g/mol. The van der Waals surface area contributed by atoms with E-state index in [1.165, 1.54) is 0 Å². The van der Waals surface area contributed by atoms with Gasteiger partial charge < -0.3 is 15.3 Å². The molecule has 0 fully saturated rings. The van der Waals surface area contributed by atoms with Crippen molar-refractivity contribution in [1.29, 1.82) is 0 Å². The van der Waals surface area contributed by atoms with Crippen molar-refractivity contribution in [2.45, 2.75) is 65.8 Å². The Balaban J connectivity index is 0. The second-order valence-corrected chi connectivity index (χ2v) is 4.29. The highest BCUT2D eigenvalue weighted by Gasteiger charge is 2.44. The first-order valence-electron chi connectivity index (χ1n) is 6.41. The highest BCUT2D eigenvalue weighted by Crippen LogP contribution is 2.38. The molecule has 0 aromatic carbocycles. The Labute approximate surface area is 109 Å². The number of hydrogen-bond donors (Lipinski definition) is 5. The summed E-state index contributed by atoms with van der Waals surface area (Å²) in [5, 5.41) is 27.1. The van der Waals surface area contributed by atoms with Crippen molar-refractivity contribution in [2.24, 2.45) is 11.3 Å². The van der Waals surface area contributed by atoms with Crippen LogP contribution in [0.1, 0.15) is 59.8 Å². The van der Waals surface area contributed by atoms with Gasteiger partial charge in [0.25, 0.3) is 5.97 Å². The van der Waals surface area contributed by atoms with Gasteiger partial charge in [-0.05, 0) is 25.7 Å². The zero-order valence-electron chi connectivity index (χ0n) is 11.9. The molecule has 0 radical (unpaired) electrons. The molecule has 0 unspecified atom stereocenters. The molecular weight excluding hydrogens is 236 g/mol. The summed E-state index contributed by atoms with van der Waals surface area (Å²) in [5.41, 5.74) is 1.26. The van der Waals surface area contributed by atoms with Gasteiger partial charge in [0, 0.05) is 6.42 Å². The number of aliphatic hydroxyl groups is 3. The molecule has 6 N–H and O–H groups in total. The predicted octanol–water partition coefficient (Wildman–Crippen LogP) is 0.610. The van der Waals surface area contributed by atoms with Gasteiger partial charge in [-0.2, -0.15) is 0 Å². The average molecular weight is 264 g/mol. The maximum atomic E-state index is 10.2. The van der Waals surface area contributed by atoms with Crippen LogP contribution in [0.3, 0.4) is 0 Å². The van der Waals surface area contributed by atoms with Crippen molar-refractivity contribution in [3.8, 4) is 0 Å². The molecule has 18 heavy (non-hydrogen) atoms. The van der Waals surface area contributed by atoms with Gasteiger partial charge in [-0.25, -0.2) is 5.84 Å². The average Bonchev–Trinajstić information content (AvgIpc) is 2.31. The Morgan fingerprint density at radius 2 is 1.44 bits per heavy atom. The third-order valence-corrected chi connectivity index (χ3v) is 3.38. The maximum absolute atomic E-state index is 10.2. The molecule has 0 rings (SSSR count). The Hall–Kier alpha value is -0.690. The molecule has 0 bridgehead atoms. The third kappa shape index (κ3) is 6.30. The number of hydrogen-bond acceptors (Lipinski definition) is 5. The van der Waals surface area contributed by atoms with E-state index < -0.39 is 11.4 Å². The van der Waals surface area contributed by atoms with Crippen LogP contribution in [0.25, 0.3) is 0 Å². The fourth-order valence-electron chi connectivity index (χ4n) is 1.76. The van der Waals surface area contributed by atoms with E-state index in [1.54, 1.807) is 0 Å². The largest absolute Gasteiger partial charge is 0.343 e. The molecule has 0 aliphatic heterocycles. The van der Waals surface area contributed by atoms with Crippen molar-refractivity contribution >= 4 is 5.91 Å². The van der Waals surface area contributed by atoms with E-state index in [0.29, 0.717) is 25.7 Å². The SMILES string of the molecule is CCC(CC)(CC)C(O)(O)O.CCCC(=O)NN. The lowest BCUT2D eigenvalue weighted by atomic mass is 9.77. The standard InChI is InChI=1S/C8H18O3.C4H10N2O/c1-4-7(5-2,6-3)8(9,10)11;1-2-3-4(7)6-5/h9-11H,4-6H2,1-3H3;2-3,5H2,1H3,(H,6,7). The van der Waals surface area contributed by atoms with Crippen LogP contribution in [0, 0.1) is 5.41 Å². The third-order valence-electron chi connectivity index (χ3n) is 3.38. The number of nitrogens with two attached hydrogens (primary N) is 1. The van der Waals surface area contributed by atoms with Crippen LogP contribution in [-0.2, 0) is 4.79 Å². The van der Waals surface area contributed by atoms with Gasteiger partial charge in [0.2, 0.25) is 5.91 Å². The smallest absolute Gasteiger partial charge is 0.281 e. The number of hydrazine groups is 1. The van der Waals surface area contributed by atoms with Crippen LogP contribution >= 0.6 is 0 Å². The van der Waals surface area contributed by atoms with Gasteiger partial charge in [0.15, 0.2) is 0 Å². The summed E-state index contributed by atoms with van der Waals surface area (Å²) in [6.45, 7) is 7.44. The van der Waals surface area contributed by atoms with Crippen molar-refractivity contribution < 1.29 is 20.1 Å². The van der Waals surface area contributed by atoms with E-state index in [9.17, 15) is 4.79 Å². The lowest BCUT2D eigenvalue weighted by Gasteiger charge is -2.37. The second-order valence-electron chi connectivity index (χ2n) is 4.29. The first-order chi connectivity index (χ1) is 8.24. The van der Waals surface area contributed by atoms with Crippen LogP contribution < -0.4 is 11.3 Å². The zero-order chi connectivity index (χ0) is 14.8. The van der Waals surface area contributed by atoms with Gasteiger partial charge in [-0.1, -0.05) is 27.7 Å². The van der Waals surface area contributed by atoms with Crippen molar-refractivity contribution in [2.75, 3.05) is 0 Å². The number of rotatable bonds is 6. The number of carbonyl (C=O) groups excluding carboxylic acids is 1. The Morgan fingerprint density at radius 3 is 1.50 bits per heavy atom. The van der Waals surface area contributed by atoms with Crippen LogP contribution in [0.5, 0.6) is 0 Å². The molecule has 6 nitrogen and oxygen atoms in total. The van der Waals surface area contributed by atoms with Crippen molar-refractivity contribution in [1.82, 2.24) is 5.43 Å². The molecule has 110 valence electrons. The number of nitrogens with one attached hydrogen (secondary N) is 1. The minimum atomic E-state index is -2.54. The van der Waals surface area contributed by atoms with Gasteiger partial charge in [0.05, 0.1) is 5.41 Å². The van der Waals surface area contributed by atoms with Crippen LogP contribution in [-0.4, -0.2) is 27.2 Å². The molecule has 0 atom stereocenters. The topological polar surface area (TPSA) is 116 Å². The molecule has 0 aliphatic rings. The van der Waals surface area contributed by atoms with Gasteiger partial charge in [-0.15, -0.1) is 0 Å². The molecule has 0 aromatic rings. The Bertz CT molecular complexity index is 214. The van der Waals surface area contributed by atoms with E-state index in [-0.39, 0.29) is 5.91 Å². The molecule has 0 spiro atoms. The van der Waals surface area contributed by atoms with Gasteiger partial charge >= 0.3 is 0 Å². The van der Waals surface area contributed by atoms with Crippen molar-refractivity contribution in [3.63, 3.8) is 0 Å². The van der Waals surface area contributed by atoms with Gasteiger partial charge in [-0.3, -0.25) is 10.2 Å². The van der Waals surface area contributed by atoms with Crippen LogP contribution in [0.15, 0.2) is 0 Å². The first-order valence-corrected chi connectivity index (χ1v) is 6.41. The summed E-state index contributed by atoms with van der Waals surface area (Å²) in [7, 11) is 0. The molecule has 0 heterocycles. The number of amides is 1. The summed E-state index contributed by atoms with van der Waals surface area (Å²) in [6.07, 6.45) is 3.05. The fourth-order valence-corrected chi connectivity index (χ4v) is 1.76. The normalized spacial score (nSPS) is 11.6.